The number of unbranched alkanes of at least 4 members (excludes halogenated alkanes) is 1. The first kappa shape index (κ1) is 14.0. The van der Waals surface area contributed by atoms with Gasteiger partial charge in [-0.05, 0) is 48.7 Å². The van der Waals surface area contributed by atoms with E-state index in [2.05, 4.69) is 29.0 Å². The highest BCUT2D eigenvalue weighted by Crippen LogP contribution is 2.34. The third kappa shape index (κ3) is 2.22. The van der Waals surface area contributed by atoms with E-state index in [0.717, 1.165) is 52.6 Å². The molecule has 0 aliphatic carbocycles. The Balaban J connectivity index is 2.13. The van der Waals surface area contributed by atoms with Crippen LogP contribution < -0.4 is 4.74 Å². The summed E-state index contributed by atoms with van der Waals surface area (Å²) < 4.78 is 5.40. The van der Waals surface area contributed by atoms with Crippen LogP contribution >= 0.6 is 0 Å². The Morgan fingerprint density at radius 2 is 2.13 bits per heavy atom. The first-order valence-corrected chi connectivity index (χ1v) is 8.05. The topological polar surface area (TPSA) is 50.8 Å². The van der Waals surface area contributed by atoms with Gasteiger partial charge in [-0.15, -0.1) is 0 Å². The maximum atomic E-state index is 5.40. The maximum Gasteiger partial charge on any atom is 0.139 e. The molecule has 4 rings (SSSR count). The predicted molar refractivity (Wildman–Crippen MR) is 94.1 cm³/mol. The highest BCUT2D eigenvalue weighted by Gasteiger charge is 2.15. The fourth-order valence-electron chi connectivity index (χ4n) is 3.23. The van der Waals surface area contributed by atoms with Gasteiger partial charge in [0, 0.05) is 22.5 Å². The number of methoxy groups -OCH3 is 1. The molecule has 1 N–H and O–H groups in total. The predicted octanol–water partition coefficient (Wildman–Crippen LogP) is 4.62. The van der Waals surface area contributed by atoms with E-state index >= 15 is 0 Å². The molecule has 0 amide bonds. The number of benzene rings is 1. The van der Waals surface area contributed by atoms with Gasteiger partial charge in [-0.1, -0.05) is 13.3 Å². The lowest BCUT2D eigenvalue weighted by atomic mass is 10.0. The van der Waals surface area contributed by atoms with Crippen LogP contribution in [0.1, 0.15) is 25.3 Å². The van der Waals surface area contributed by atoms with Crippen molar-refractivity contribution in [2.24, 2.45) is 0 Å². The molecule has 0 radical (unpaired) electrons. The second-order valence-corrected chi connectivity index (χ2v) is 5.83. The third-order valence-corrected chi connectivity index (χ3v) is 4.37. The fraction of sp³-hybridized carbons (Fsp3) is 0.263. The summed E-state index contributed by atoms with van der Waals surface area (Å²) in [6.07, 6.45) is 5.15. The number of nitrogens with zero attached hydrogens (tertiary/aromatic N) is 2. The van der Waals surface area contributed by atoms with Gasteiger partial charge in [0.15, 0.2) is 0 Å². The first-order chi connectivity index (χ1) is 11.3. The summed E-state index contributed by atoms with van der Waals surface area (Å²) in [5.41, 5.74) is 5.26. The molecule has 3 heterocycles. The average Bonchev–Trinajstić information content (AvgIpc) is 2.95. The van der Waals surface area contributed by atoms with Crippen molar-refractivity contribution in [1.29, 1.82) is 0 Å². The van der Waals surface area contributed by atoms with Gasteiger partial charge in [-0.2, -0.15) is 0 Å². The minimum absolute atomic E-state index is 0.862. The standard InChI is InChI=1S/C19H19N3O/c1-3-4-6-13-17-14-11-12(23-2)8-9-15(14)21-19(17)22-16-7-5-10-20-18(13)16/h5,7-11H,3-4,6H2,1-2H3,(H,21,22). The quantitative estimate of drug-likeness (QED) is 0.598. The molecule has 0 saturated carbocycles. The number of rotatable bonds is 4. The molecule has 0 saturated heterocycles. The number of nitrogens with one attached hydrogen (secondary N) is 1. The molecule has 3 aromatic heterocycles. The molecule has 0 spiro atoms. The van der Waals surface area contributed by atoms with Gasteiger partial charge in [-0.25, -0.2) is 4.98 Å². The highest BCUT2D eigenvalue weighted by molar-refractivity contribution is 6.11. The van der Waals surface area contributed by atoms with Crippen LogP contribution in [0.3, 0.4) is 0 Å². The molecule has 116 valence electrons. The Kier molecular flexibility index (Phi) is 3.37. The summed E-state index contributed by atoms with van der Waals surface area (Å²) in [5, 5.41) is 2.34. The SMILES string of the molecule is CCCCc1c2ncccc2nc2[nH]c3ccc(OC)cc3c12. The summed E-state index contributed by atoms with van der Waals surface area (Å²) in [7, 11) is 1.70. The Labute approximate surface area is 134 Å². The summed E-state index contributed by atoms with van der Waals surface area (Å²) in [4.78, 5) is 12.8. The molecule has 4 nitrogen and oxygen atoms in total. The first-order valence-electron chi connectivity index (χ1n) is 8.05. The lowest BCUT2D eigenvalue weighted by Gasteiger charge is -2.07. The van der Waals surface area contributed by atoms with E-state index in [1.807, 2.05) is 24.4 Å². The van der Waals surface area contributed by atoms with Crippen LogP contribution in [-0.4, -0.2) is 22.1 Å². The molecule has 0 bridgehead atoms. The lowest BCUT2D eigenvalue weighted by Crippen LogP contribution is -1.94. The largest absolute Gasteiger partial charge is 0.497 e. The number of pyridine rings is 2. The van der Waals surface area contributed by atoms with Gasteiger partial charge >= 0.3 is 0 Å². The number of H-pyrrole nitrogens is 1. The minimum atomic E-state index is 0.862. The van der Waals surface area contributed by atoms with Crippen molar-refractivity contribution >= 4 is 33.0 Å². The molecule has 4 aromatic rings. The molecule has 4 heteroatoms. The van der Waals surface area contributed by atoms with Crippen LogP contribution in [0.4, 0.5) is 0 Å². The van der Waals surface area contributed by atoms with E-state index < -0.39 is 0 Å². The van der Waals surface area contributed by atoms with Crippen molar-refractivity contribution in [3.63, 3.8) is 0 Å². The van der Waals surface area contributed by atoms with Crippen LogP contribution in [0, 0.1) is 0 Å². The highest BCUT2D eigenvalue weighted by atomic mass is 16.5. The van der Waals surface area contributed by atoms with E-state index in [-0.39, 0.29) is 0 Å². The van der Waals surface area contributed by atoms with Crippen molar-refractivity contribution in [2.45, 2.75) is 26.2 Å². The molecule has 0 atom stereocenters. The van der Waals surface area contributed by atoms with Gasteiger partial charge in [0.05, 0.1) is 18.1 Å². The molecule has 0 aliphatic heterocycles. The number of hydrogen-bond acceptors (Lipinski definition) is 3. The van der Waals surface area contributed by atoms with E-state index in [9.17, 15) is 0 Å². The summed E-state index contributed by atoms with van der Waals surface area (Å²) >= 11 is 0. The smallest absolute Gasteiger partial charge is 0.139 e. The van der Waals surface area contributed by atoms with E-state index in [0.29, 0.717) is 0 Å². The Morgan fingerprint density at radius 1 is 1.22 bits per heavy atom. The van der Waals surface area contributed by atoms with E-state index in [1.54, 1.807) is 7.11 Å². The normalized spacial score (nSPS) is 11.6. The molecule has 23 heavy (non-hydrogen) atoms. The lowest BCUT2D eigenvalue weighted by molar-refractivity contribution is 0.415. The monoisotopic (exact) mass is 305 g/mol. The summed E-state index contributed by atoms with van der Waals surface area (Å²) in [6.45, 7) is 2.21. The van der Waals surface area contributed by atoms with E-state index in [4.69, 9.17) is 9.72 Å². The van der Waals surface area contributed by atoms with Gasteiger partial charge in [0.2, 0.25) is 0 Å². The van der Waals surface area contributed by atoms with Gasteiger partial charge in [0.1, 0.15) is 11.4 Å². The molecule has 0 unspecified atom stereocenters. The van der Waals surface area contributed by atoms with Crippen LogP contribution in [-0.2, 0) is 6.42 Å². The number of fused-ring (bicyclic) bond motifs is 4. The zero-order chi connectivity index (χ0) is 15.8. The van der Waals surface area contributed by atoms with Crippen LogP contribution in [0.2, 0.25) is 0 Å². The number of aryl methyl sites for hydroxylation is 1. The molecule has 1 aromatic carbocycles. The van der Waals surface area contributed by atoms with E-state index in [1.165, 1.54) is 10.9 Å². The Hall–Kier alpha value is -2.62. The zero-order valence-corrected chi connectivity index (χ0v) is 13.4. The Morgan fingerprint density at radius 3 is 2.96 bits per heavy atom. The van der Waals surface area contributed by atoms with Gasteiger partial charge < -0.3 is 9.72 Å². The van der Waals surface area contributed by atoms with Crippen LogP contribution in [0.25, 0.3) is 33.0 Å². The Bertz CT molecular complexity index is 1000. The second kappa shape index (κ2) is 5.54. The number of aromatic nitrogens is 3. The summed E-state index contributed by atoms with van der Waals surface area (Å²) in [6, 6.07) is 10.1. The minimum Gasteiger partial charge on any atom is -0.497 e. The summed E-state index contributed by atoms with van der Waals surface area (Å²) in [5.74, 6) is 0.862. The van der Waals surface area contributed by atoms with Gasteiger partial charge in [0.25, 0.3) is 0 Å². The third-order valence-electron chi connectivity index (χ3n) is 4.37. The average molecular weight is 305 g/mol. The van der Waals surface area contributed by atoms with Gasteiger partial charge in [-0.3, -0.25) is 4.98 Å². The fourth-order valence-corrected chi connectivity index (χ4v) is 3.23. The number of hydrogen-bond donors (Lipinski definition) is 1. The van der Waals surface area contributed by atoms with Crippen molar-refractivity contribution in [1.82, 2.24) is 15.0 Å². The van der Waals surface area contributed by atoms with Crippen LogP contribution in [0.15, 0.2) is 36.5 Å². The van der Waals surface area contributed by atoms with Crippen molar-refractivity contribution in [2.75, 3.05) is 7.11 Å². The van der Waals surface area contributed by atoms with Crippen molar-refractivity contribution in [3.05, 3.63) is 42.1 Å². The van der Waals surface area contributed by atoms with Crippen molar-refractivity contribution < 1.29 is 4.74 Å². The second-order valence-electron chi connectivity index (χ2n) is 5.83. The molecule has 0 fully saturated rings. The van der Waals surface area contributed by atoms with Crippen molar-refractivity contribution in [3.8, 4) is 5.75 Å². The molecule has 0 aliphatic rings. The molecular formula is C19H19N3O. The maximum absolute atomic E-state index is 5.40. The number of aromatic amines is 1. The molecular weight excluding hydrogens is 286 g/mol. The van der Waals surface area contributed by atoms with Crippen LogP contribution in [0.5, 0.6) is 5.75 Å². The zero-order valence-electron chi connectivity index (χ0n) is 13.4. The number of ether oxygens (including phenoxy) is 1.